The summed E-state index contributed by atoms with van der Waals surface area (Å²) >= 11 is 0. The van der Waals surface area contributed by atoms with Crippen LogP contribution in [0.1, 0.15) is 60.5 Å². The van der Waals surface area contributed by atoms with Crippen molar-refractivity contribution in [3.05, 3.63) is 57.4 Å². The van der Waals surface area contributed by atoms with Crippen molar-refractivity contribution in [2.75, 3.05) is 19.6 Å². The molecule has 0 radical (unpaired) electrons. The number of para-hydroxylation sites is 1. The Hall–Kier alpha value is -2.51. The van der Waals surface area contributed by atoms with Gasteiger partial charge in [-0.05, 0) is 64.3 Å². The van der Waals surface area contributed by atoms with E-state index in [-0.39, 0.29) is 5.56 Å². The maximum absolute atomic E-state index is 13.0. The topological polar surface area (TPSA) is 84.4 Å². The van der Waals surface area contributed by atoms with Gasteiger partial charge in [0.25, 0.3) is 5.56 Å². The van der Waals surface area contributed by atoms with Gasteiger partial charge < -0.3 is 14.5 Å². The molecule has 158 valence electrons. The van der Waals surface area contributed by atoms with Gasteiger partial charge in [0.1, 0.15) is 11.9 Å². The summed E-state index contributed by atoms with van der Waals surface area (Å²) in [7, 11) is 0. The zero-order valence-electron chi connectivity index (χ0n) is 17.4. The fourth-order valence-corrected chi connectivity index (χ4v) is 4.95. The standard InChI is InChI=1S/C23H28N4O3/c1-15-17(23(29)27-11-4-6-19(28)22(27)24-15)10-14-26-12-8-16(9-13-26)21-18-5-2-3-7-20(18)30-25-21/h2-3,5,7,16,19,28H,4,6,8-14H2,1H3. The highest BCUT2D eigenvalue weighted by Crippen LogP contribution is 2.32. The van der Waals surface area contributed by atoms with Gasteiger partial charge in [0.15, 0.2) is 5.58 Å². The van der Waals surface area contributed by atoms with Gasteiger partial charge >= 0.3 is 0 Å². The zero-order valence-corrected chi connectivity index (χ0v) is 17.4. The second-order valence-corrected chi connectivity index (χ2v) is 8.58. The minimum absolute atomic E-state index is 0.0280. The van der Waals surface area contributed by atoms with E-state index in [0.29, 0.717) is 31.1 Å². The smallest absolute Gasteiger partial charge is 0.257 e. The molecule has 7 nitrogen and oxygen atoms in total. The summed E-state index contributed by atoms with van der Waals surface area (Å²) in [6, 6.07) is 8.06. The molecule has 1 atom stereocenters. The quantitative estimate of drug-likeness (QED) is 0.715. The van der Waals surface area contributed by atoms with Crippen LogP contribution < -0.4 is 5.56 Å². The van der Waals surface area contributed by atoms with Crippen LogP contribution in [0.4, 0.5) is 0 Å². The van der Waals surface area contributed by atoms with Crippen molar-refractivity contribution in [2.45, 2.75) is 57.6 Å². The number of hydrogen-bond donors (Lipinski definition) is 1. The lowest BCUT2D eigenvalue weighted by Crippen LogP contribution is -2.37. The number of aliphatic hydroxyl groups is 1. The van der Waals surface area contributed by atoms with E-state index >= 15 is 0 Å². The Balaban J connectivity index is 1.24. The number of piperidine rings is 1. The Kier molecular flexibility index (Phi) is 5.16. The lowest BCUT2D eigenvalue weighted by Gasteiger charge is -2.31. The average molecular weight is 409 g/mol. The third kappa shape index (κ3) is 3.46. The van der Waals surface area contributed by atoms with E-state index < -0.39 is 6.10 Å². The maximum Gasteiger partial charge on any atom is 0.257 e. The zero-order chi connectivity index (χ0) is 20.7. The summed E-state index contributed by atoms with van der Waals surface area (Å²) in [6.07, 6.45) is 3.67. The summed E-state index contributed by atoms with van der Waals surface area (Å²) < 4.78 is 7.17. The molecule has 1 unspecified atom stereocenters. The van der Waals surface area contributed by atoms with Gasteiger partial charge in [-0.15, -0.1) is 0 Å². The number of aromatic nitrogens is 3. The third-order valence-corrected chi connectivity index (χ3v) is 6.71. The van der Waals surface area contributed by atoms with Gasteiger partial charge in [0.05, 0.1) is 5.69 Å². The summed E-state index contributed by atoms with van der Waals surface area (Å²) in [5.41, 5.74) is 3.52. The number of rotatable bonds is 4. The van der Waals surface area contributed by atoms with Gasteiger partial charge in [-0.2, -0.15) is 0 Å². The molecule has 1 fully saturated rings. The second kappa shape index (κ2) is 7.96. The number of hydrogen-bond acceptors (Lipinski definition) is 6. The molecule has 0 amide bonds. The van der Waals surface area contributed by atoms with Gasteiger partial charge in [-0.1, -0.05) is 17.3 Å². The first kappa shape index (κ1) is 19.5. The van der Waals surface area contributed by atoms with E-state index in [1.54, 1.807) is 4.57 Å². The van der Waals surface area contributed by atoms with Crippen molar-refractivity contribution in [3.63, 3.8) is 0 Å². The predicted molar refractivity (Wildman–Crippen MR) is 114 cm³/mol. The number of nitrogens with zero attached hydrogens (tertiary/aromatic N) is 4. The molecule has 3 aromatic rings. The molecular weight excluding hydrogens is 380 g/mol. The van der Waals surface area contributed by atoms with Crippen molar-refractivity contribution in [3.8, 4) is 0 Å². The van der Waals surface area contributed by atoms with Gasteiger partial charge in [-0.25, -0.2) is 4.98 Å². The molecule has 1 saturated heterocycles. The number of benzene rings is 1. The summed E-state index contributed by atoms with van der Waals surface area (Å²) in [4.78, 5) is 20.0. The first-order valence-corrected chi connectivity index (χ1v) is 11.0. The molecule has 2 aromatic heterocycles. The molecule has 4 heterocycles. The van der Waals surface area contributed by atoms with Crippen LogP contribution in [0.25, 0.3) is 11.0 Å². The largest absolute Gasteiger partial charge is 0.385 e. The van der Waals surface area contributed by atoms with Crippen LogP contribution in [0.15, 0.2) is 33.6 Å². The van der Waals surface area contributed by atoms with Crippen LogP contribution >= 0.6 is 0 Å². The Morgan fingerprint density at radius 2 is 1.97 bits per heavy atom. The SMILES string of the molecule is Cc1nc2n(c(=O)c1CCN1CCC(c3noc4ccccc34)CC1)CCCC2O. The molecule has 2 aliphatic heterocycles. The van der Waals surface area contributed by atoms with Gasteiger partial charge in [0, 0.05) is 35.7 Å². The van der Waals surface area contributed by atoms with Crippen LogP contribution in [0.5, 0.6) is 0 Å². The molecule has 1 aromatic carbocycles. The van der Waals surface area contributed by atoms with Crippen molar-refractivity contribution in [1.29, 1.82) is 0 Å². The van der Waals surface area contributed by atoms with E-state index in [4.69, 9.17) is 4.52 Å². The summed E-state index contributed by atoms with van der Waals surface area (Å²) in [5.74, 6) is 0.956. The van der Waals surface area contributed by atoms with Gasteiger partial charge in [0.2, 0.25) is 0 Å². The molecule has 30 heavy (non-hydrogen) atoms. The van der Waals surface area contributed by atoms with E-state index in [1.807, 2.05) is 25.1 Å². The molecule has 0 spiro atoms. The maximum atomic E-state index is 13.0. The fraction of sp³-hybridized carbons (Fsp3) is 0.522. The minimum Gasteiger partial charge on any atom is -0.385 e. The Morgan fingerprint density at radius 3 is 2.80 bits per heavy atom. The van der Waals surface area contributed by atoms with E-state index in [1.165, 1.54) is 0 Å². The van der Waals surface area contributed by atoms with E-state index in [2.05, 4.69) is 21.1 Å². The number of aliphatic hydroxyl groups excluding tert-OH is 1. The molecule has 0 aliphatic carbocycles. The Morgan fingerprint density at radius 1 is 1.17 bits per heavy atom. The Labute approximate surface area is 175 Å². The first-order valence-electron chi connectivity index (χ1n) is 11.0. The minimum atomic E-state index is -0.620. The molecule has 0 saturated carbocycles. The normalized spacial score (nSPS) is 20.5. The monoisotopic (exact) mass is 408 g/mol. The van der Waals surface area contributed by atoms with Crippen molar-refractivity contribution in [2.24, 2.45) is 0 Å². The van der Waals surface area contributed by atoms with Crippen LogP contribution in [-0.4, -0.2) is 44.3 Å². The van der Waals surface area contributed by atoms with Crippen LogP contribution in [0.2, 0.25) is 0 Å². The average Bonchev–Trinajstić information content (AvgIpc) is 3.19. The lowest BCUT2D eigenvalue weighted by molar-refractivity contribution is 0.129. The van der Waals surface area contributed by atoms with Crippen LogP contribution in [0, 0.1) is 6.92 Å². The summed E-state index contributed by atoms with van der Waals surface area (Å²) in [6.45, 7) is 5.38. The number of aryl methyl sites for hydroxylation is 1. The van der Waals surface area contributed by atoms with Crippen molar-refractivity contribution in [1.82, 2.24) is 19.6 Å². The number of fused-ring (bicyclic) bond motifs is 2. The second-order valence-electron chi connectivity index (χ2n) is 8.58. The molecule has 0 bridgehead atoms. The van der Waals surface area contributed by atoms with E-state index in [9.17, 15) is 9.90 Å². The molecule has 7 heteroatoms. The number of likely N-dealkylation sites (tertiary alicyclic amines) is 1. The van der Waals surface area contributed by atoms with Crippen molar-refractivity contribution >= 4 is 11.0 Å². The predicted octanol–water partition coefficient (Wildman–Crippen LogP) is 2.94. The molecule has 1 N–H and O–H groups in total. The first-order chi connectivity index (χ1) is 14.6. The third-order valence-electron chi connectivity index (χ3n) is 6.71. The van der Waals surface area contributed by atoms with Crippen molar-refractivity contribution < 1.29 is 9.63 Å². The fourth-order valence-electron chi connectivity index (χ4n) is 4.95. The van der Waals surface area contributed by atoms with Crippen LogP contribution in [-0.2, 0) is 13.0 Å². The highest BCUT2D eigenvalue weighted by atomic mass is 16.5. The molecule has 2 aliphatic rings. The lowest BCUT2D eigenvalue weighted by atomic mass is 9.91. The van der Waals surface area contributed by atoms with Gasteiger partial charge in [-0.3, -0.25) is 9.36 Å². The highest BCUT2D eigenvalue weighted by molar-refractivity contribution is 5.79. The Bertz CT molecular complexity index is 1110. The van der Waals surface area contributed by atoms with Crippen LogP contribution in [0.3, 0.4) is 0 Å². The summed E-state index contributed by atoms with van der Waals surface area (Å²) in [5, 5.41) is 15.6. The highest BCUT2D eigenvalue weighted by Gasteiger charge is 2.26. The molecular formula is C23H28N4O3. The van der Waals surface area contributed by atoms with E-state index in [0.717, 1.165) is 66.8 Å². The molecule has 5 rings (SSSR count).